The number of ether oxygens (including phenoxy) is 4. The van der Waals surface area contributed by atoms with E-state index in [1.165, 1.54) is 9.80 Å². The topological polar surface area (TPSA) is 159 Å². The van der Waals surface area contributed by atoms with Gasteiger partial charge in [-0.15, -0.1) is 0 Å². The summed E-state index contributed by atoms with van der Waals surface area (Å²) in [6.45, 7) is 10.6. The molecule has 2 saturated heterocycles. The zero-order valence-corrected chi connectivity index (χ0v) is 31.1. The molecule has 5 rings (SSSR count). The van der Waals surface area contributed by atoms with Crippen LogP contribution in [0.2, 0.25) is 0 Å². The molecule has 13 heteroatoms. The highest BCUT2D eigenvalue weighted by atomic mass is 16.6. The number of nitrogens with zero attached hydrogens (tertiary/aromatic N) is 3. The summed E-state index contributed by atoms with van der Waals surface area (Å²) in [5.41, 5.74) is 0.646. The number of carbonyl (C=O) groups is 6. The summed E-state index contributed by atoms with van der Waals surface area (Å²) in [6.07, 6.45) is 3.90. The molecule has 0 bridgehead atoms. The number of hydrogen-bond donors (Lipinski definition) is 0. The van der Waals surface area contributed by atoms with Crippen molar-refractivity contribution >= 4 is 46.6 Å². The minimum absolute atomic E-state index is 0.119. The lowest BCUT2D eigenvalue weighted by atomic mass is 9.78. The number of hydrogen-bond acceptors (Lipinski definition) is 11. The molecule has 3 aliphatic rings. The number of carbonyl (C=O) groups excluding carboxylic acids is 6. The molecule has 1 aromatic heterocycles. The van der Waals surface area contributed by atoms with Crippen LogP contribution in [0.4, 0.5) is 9.59 Å². The molecule has 13 nitrogen and oxygen atoms in total. The van der Waals surface area contributed by atoms with Gasteiger partial charge in [0.15, 0.2) is 18.2 Å². The van der Waals surface area contributed by atoms with Crippen molar-refractivity contribution in [3.8, 4) is 0 Å². The maximum atomic E-state index is 13.0. The first kappa shape index (κ1) is 38.7. The van der Waals surface area contributed by atoms with Gasteiger partial charge in [-0.2, -0.15) is 0 Å². The standard InChI is InChI=1S/C39H51N3O10/c1-38(2,3)51-36(47)41-19-7-9-30(41)34(45)49-22-32(43)25-13-11-24(12-14-25)28-17-15-26-21-27(16-18-29(26)40-28)33(44)23-50-35(46)31-10-8-20-42(31)37(48)52-39(4,5)6/h15-18,21,24-25,30-31H,7-14,19-20,22-23H2,1-6H3/t24?,25?,30-,31-/m1/s1. The van der Waals surface area contributed by atoms with E-state index >= 15 is 0 Å². The Morgan fingerprint density at radius 2 is 1.23 bits per heavy atom. The van der Waals surface area contributed by atoms with Crippen LogP contribution in [0, 0.1) is 5.92 Å². The molecule has 52 heavy (non-hydrogen) atoms. The number of rotatable bonds is 9. The summed E-state index contributed by atoms with van der Waals surface area (Å²) in [5.74, 6) is -1.74. The van der Waals surface area contributed by atoms with Gasteiger partial charge in [0.05, 0.1) is 5.52 Å². The minimum Gasteiger partial charge on any atom is -0.456 e. The van der Waals surface area contributed by atoms with Crippen molar-refractivity contribution in [2.75, 3.05) is 26.3 Å². The third-order valence-electron chi connectivity index (χ3n) is 9.64. The zero-order valence-electron chi connectivity index (χ0n) is 31.1. The summed E-state index contributed by atoms with van der Waals surface area (Å²) in [4.78, 5) is 84.2. The Bertz CT molecular complexity index is 1690. The van der Waals surface area contributed by atoms with Gasteiger partial charge in [0, 0.05) is 41.6 Å². The molecule has 2 aliphatic heterocycles. The van der Waals surface area contributed by atoms with E-state index in [2.05, 4.69) is 0 Å². The van der Waals surface area contributed by atoms with E-state index in [0.29, 0.717) is 57.2 Å². The van der Waals surface area contributed by atoms with Gasteiger partial charge in [-0.25, -0.2) is 19.2 Å². The van der Waals surface area contributed by atoms with Crippen molar-refractivity contribution in [2.24, 2.45) is 5.92 Å². The molecular formula is C39H51N3O10. The van der Waals surface area contributed by atoms with Crippen molar-refractivity contribution < 1.29 is 47.7 Å². The molecule has 0 N–H and O–H groups in total. The highest BCUT2D eigenvalue weighted by molar-refractivity contribution is 6.01. The maximum absolute atomic E-state index is 13.0. The summed E-state index contributed by atoms with van der Waals surface area (Å²) < 4.78 is 21.6. The van der Waals surface area contributed by atoms with Crippen LogP contribution in [0.25, 0.3) is 10.9 Å². The Balaban J connectivity index is 1.08. The first-order valence-electron chi connectivity index (χ1n) is 18.3. The van der Waals surface area contributed by atoms with E-state index in [0.717, 1.165) is 29.4 Å². The fourth-order valence-electron chi connectivity index (χ4n) is 7.03. The van der Waals surface area contributed by atoms with Crippen LogP contribution < -0.4 is 0 Å². The van der Waals surface area contributed by atoms with Crippen molar-refractivity contribution in [3.05, 3.63) is 41.6 Å². The maximum Gasteiger partial charge on any atom is 0.411 e. The van der Waals surface area contributed by atoms with Gasteiger partial charge in [0.25, 0.3) is 0 Å². The number of esters is 2. The third kappa shape index (κ3) is 9.86. The predicted octanol–water partition coefficient (Wildman–Crippen LogP) is 6.15. The SMILES string of the molecule is CC(C)(C)OC(=O)N1CCC[C@@H]1C(=O)OCC(=O)c1ccc2nc(C3CCC(C(=O)COC(=O)[C@H]4CCCN4C(=O)OC(C)(C)C)CC3)ccc2c1. The predicted molar refractivity (Wildman–Crippen MR) is 190 cm³/mol. The van der Waals surface area contributed by atoms with Crippen molar-refractivity contribution in [3.63, 3.8) is 0 Å². The summed E-state index contributed by atoms with van der Waals surface area (Å²) in [5, 5.41) is 0.769. The Kier molecular flexibility index (Phi) is 11.9. The quantitative estimate of drug-likeness (QED) is 0.166. The first-order valence-corrected chi connectivity index (χ1v) is 18.3. The van der Waals surface area contributed by atoms with E-state index in [4.69, 9.17) is 23.9 Å². The third-order valence-corrected chi connectivity index (χ3v) is 9.64. The summed E-state index contributed by atoms with van der Waals surface area (Å²) in [7, 11) is 0. The van der Waals surface area contributed by atoms with Gasteiger partial charge in [-0.05, 0) is 117 Å². The van der Waals surface area contributed by atoms with Crippen LogP contribution in [-0.2, 0) is 33.3 Å². The fraction of sp³-hybridized carbons (Fsp3) is 0.615. The van der Waals surface area contributed by atoms with Gasteiger partial charge in [-0.1, -0.05) is 6.07 Å². The van der Waals surface area contributed by atoms with E-state index in [9.17, 15) is 28.8 Å². The average molecular weight is 722 g/mol. The number of benzene rings is 1. The van der Waals surface area contributed by atoms with Crippen LogP contribution in [0.15, 0.2) is 30.3 Å². The number of amides is 2. The van der Waals surface area contributed by atoms with Crippen molar-refractivity contribution in [2.45, 2.75) is 122 Å². The number of Topliss-reactive ketones (excluding diaryl/α,β-unsaturated/α-hetero) is 2. The molecule has 2 atom stereocenters. The second kappa shape index (κ2) is 16.0. The average Bonchev–Trinajstić information content (AvgIpc) is 3.79. The lowest BCUT2D eigenvalue weighted by Crippen LogP contribution is -2.44. The molecular weight excluding hydrogens is 670 g/mol. The lowest BCUT2D eigenvalue weighted by molar-refractivity contribution is -0.153. The highest BCUT2D eigenvalue weighted by Gasteiger charge is 2.39. The largest absolute Gasteiger partial charge is 0.456 e. The summed E-state index contributed by atoms with van der Waals surface area (Å²) >= 11 is 0. The number of likely N-dealkylation sites (tertiary alicyclic amines) is 2. The minimum atomic E-state index is -0.784. The molecule has 0 unspecified atom stereocenters. The van der Waals surface area contributed by atoms with Crippen molar-refractivity contribution in [1.29, 1.82) is 0 Å². The van der Waals surface area contributed by atoms with E-state index in [1.54, 1.807) is 59.7 Å². The van der Waals surface area contributed by atoms with Gasteiger partial charge >= 0.3 is 24.1 Å². The molecule has 1 saturated carbocycles. The Morgan fingerprint density at radius 1 is 0.692 bits per heavy atom. The lowest BCUT2D eigenvalue weighted by Gasteiger charge is -2.28. The molecule has 1 aromatic carbocycles. The van der Waals surface area contributed by atoms with Crippen molar-refractivity contribution in [1.82, 2.24) is 14.8 Å². The fourth-order valence-corrected chi connectivity index (χ4v) is 7.03. The highest BCUT2D eigenvalue weighted by Crippen LogP contribution is 2.36. The Hall–Kier alpha value is -4.55. The van der Waals surface area contributed by atoms with Gasteiger partial charge in [0.1, 0.15) is 29.9 Å². The van der Waals surface area contributed by atoms with Gasteiger partial charge < -0.3 is 18.9 Å². The number of ketones is 2. The number of pyridine rings is 1. The van der Waals surface area contributed by atoms with E-state index in [1.807, 2.05) is 12.1 Å². The van der Waals surface area contributed by atoms with E-state index < -0.39 is 54.0 Å². The number of aromatic nitrogens is 1. The first-order chi connectivity index (χ1) is 24.5. The molecule has 3 heterocycles. The molecule has 0 radical (unpaired) electrons. The van der Waals surface area contributed by atoms with Crippen LogP contribution >= 0.6 is 0 Å². The molecule has 2 amide bonds. The second-order valence-corrected chi connectivity index (χ2v) is 16.0. The Labute approximate surface area is 304 Å². The normalized spacial score (nSPS) is 22.2. The number of fused-ring (bicyclic) bond motifs is 1. The Morgan fingerprint density at radius 3 is 1.77 bits per heavy atom. The molecule has 282 valence electrons. The van der Waals surface area contributed by atoms with Crippen LogP contribution in [0.1, 0.15) is 115 Å². The van der Waals surface area contributed by atoms with Crippen LogP contribution in [0.5, 0.6) is 0 Å². The smallest absolute Gasteiger partial charge is 0.411 e. The van der Waals surface area contributed by atoms with E-state index in [-0.39, 0.29) is 30.0 Å². The molecule has 1 aliphatic carbocycles. The molecule has 2 aromatic rings. The summed E-state index contributed by atoms with van der Waals surface area (Å²) in [6, 6.07) is 7.48. The van der Waals surface area contributed by atoms with Gasteiger partial charge in [0.2, 0.25) is 0 Å². The molecule has 3 fully saturated rings. The molecule has 0 spiro atoms. The second-order valence-electron chi connectivity index (χ2n) is 16.0. The van der Waals surface area contributed by atoms with Crippen LogP contribution in [0.3, 0.4) is 0 Å². The van der Waals surface area contributed by atoms with Crippen LogP contribution in [-0.4, -0.2) is 100 Å². The zero-order chi connectivity index (χ0) is 37.8. The monoisotopic (exact) mass is 721 g/mol. The van der Waals surface area contributed by atoms with Gasteiger partial charge in [-0.3, -0.25) is 24.4 Å².